The van der Waals surface area contributed by atoms with E-state index in [2.05, 4.69) is 27.7 Å². The van der Waals surface area contributed by atoms with Gasteiger partial charge in [-0.25, -0.2) is 4.79 Å². The highest BCUT2D eigenvalue weighted by atomic mass is 16.6. The average Bonchev–Trinajstić information content (AvgIpc) is 2.97. The summed E-state index contributed by atoms with van der Waals surface area (Å²) >= 11 is 0. The Kier molecular flexibility index (Phi) is 5.85. The summed E-state index contributed by atoms with van der Waals surface area (Å²) in [5, 5.41) is 0. The Morgan fingerprint density at radius 1 is 1.07 bits per heavy atom. The van der Waals surface area contributed by atoms with Gasteiger partial charge in [-0.15, -0.1) is 0 Å². The van der Waals surface area contributed by atoms with Crippen molar-refractivity contribution in [2.24, 2.45) is 17.3 Å². The fraction of sp³-hybridized carbons (Fsp3) is 0.652. The van der Waals surface area contributed by atoms with E-state index >= 15 is 0 Å². The molecule has 1 aromatic carbocycles. The summed E-state index contributed by atoms with van der Waals surface area (Å²) in [7, 11) is 1.41. The third-order valence-corrected chi connectivity index (χ3v) is 6.36. The largest absolute Gasteiger partial charge is 0.469 e. The number of rotatable bonds is 4. The summed E-state index contributed by atoms with van der Waals surface area (Å²) in [6.07, 6.45) is 2.90. The molecule has 1 aromatic rings. The van der Waals surface area contributed by atoms with Crippen molar-refractivity contribution in [3.05, 3.63) is 35.9 Å². The standard InChI is InChI=1S/C23H32O5/c1-22(2,3)28-18-12-11-16-19(21(25)26-5)17(13-14-23(16,18)4)27-20(24)15-9-7-6-8-10-15/h6-10,16-19H,11-14H2,1-5H3/t16-,17+,18-,19-,23-/m0/s1. The van der Waals surface area contributed by atoms with Gasteiger partial charge in [-0.1, -0.05) is 25.1 Å². The third-order valence-electron chi connectivity index (χ3n) is 6.36. The lowest BCUT2D eigenvalue weighted by Crippen LogP contribution is -2.51. The van der Waals surface area contributed by atoms with Gasteiger partial charge < -0.3 is 14.2 Å². The molecular formula is C23H32O5. The number of esters is 2. The molecule has 0 aromatic heterocycles. The molecule has 0 radical (unpaired) electrons. The predicted molar refractivity (Wildman–Crippen MR) is 106 cm³/mol. The number of fused-ring (bicyclic) bond motifs is 1. The molecule has 0 heterocycles. The van der Waals surface area contributed by atoms with Crippen molar-refractivity contribution in [3.8, 4) is 0 Å². The molecule has 0 saturated heterocycles. The molecule has 5 heteroatoms. The first kappa shape index (κ1) is 20.8. The van der Waals surface area contributed by atoms with Gasteiger partial charge in [0.05, 0.1) is 30.3 Å². The van der Waals surface area contributed by atoms with Crippen LogP contribution >= 0.6 is 0 Å². The minimum Gasteiger partial charge on any atom is -0.469 e. The average molecular weight is 389 g/mol. The summed E-state index contributed by atoms with van der Waals surface area (Å²) in [5.74, 6) is -1.05. The van der Waals surface area contributed by atoms with Crippen LogP contribution in [0.15, 0.2) is 30.3 Å². The van der Waals surface area contributed by atoms with E-state index in [0.717, 1.165) is 19.3 Å². The highest BCUT2D eigenvalue weighted by molar-refractivity contribution is 5.89. The molecule has 0 spiro atoms. The van der Waals surface area contributed by atoms with Gasteiger partial charge in [-0.2, -0.15) is 0 Å². The second-order valence-corrected chi connectivity index (χ2v) is 9.31. The van der Waals surface area contributed by atoms with Crippen molar-refractivity contribution >= 4 is 11.9 Å². The van der Waals surface area contributed by atoms with Crippen molar-refractivity contribution in [3.63, 3.8) is 0 Å². The van der Waals surface area contributed by atoms with E-state index < -0.39 is 12.0 Å². The molecule has 2 fully saturated rings. The summed E-state index contributed by atoms with van der Waals surface area (Å²) in [6.45, 7) is 8.41. The van der Waals surface area contributed by atoms with Crippen LogP contribution in [-0.4, -0.2) is 36.9 Å². The highest BCUT2D eigenvalue weighted by Crippen LogP contribution is 2.57. The van der Waals surface area contributed by atoms with E-state index in [-0.39, 0.29) is 35.0 Å². The van der Waals surface area contributed by atoms with E-state index in [1.165, 1.54) is 7.11 Å². The Labute approximate surface area is 167 Å². The van der Waals surface area contributed by atoms with Gasteiger partial charge in [0.2, 0.25) is 0 Å². The quantitative estimate of drug-likeness (QED) is 0.716. The van der Waals surface area contributed by atoms with Crippen LogP contribution in [0.5, 0.6) is 0 Å². The van der Waals surface area contributed by atoms with Gasteiger partial charge >= 0.3 is 11.9 Å². The van der Waals surface area contributed by atoms with Gasteiger partial charge in [0.15, 0.2) is 0 Å². The Balaban J connectivity index is 1.82. The maximum absolute atomic E-state index is 12.7. The van der Waals surface area contributed by atoms with Crippen LogP contribution in [0, 0.1) is 17.3 Å². The first-order valence-corrected chi connectivity index (χ1v) is 10.2. The van der Waals surface area contributed by atoms with Gasteiger partial charge in [-0.05, 0) is 69.9 Å². The zero-order valence-corrected chi connectivity index (χ0v) is 17.6. The molecule has 3 rings (SSSR count). The SMILES string of the molecule is COC(=O)[C@@H]1[C@H](OC(=O)c2ccccc2)CC[C@]2(C)[C@@H](OC(C)(C)C)CC[C@@H]12. The lowest BCUT2D eigenvalue weighted by atomic mass is 9.62. The lowest BCUT2D eigenvalue weighted by molar-refractivity contribution is -0.168. The first-order chi connectivity index (χ1) is 13.2. The van der Waals surface area contributed by atoms with E-state index in [0.29, 0.717) is 12.0 Å². The summed E-state index contributed by atoms with van der Waals surface area (Å²) < 4.78 is 17.3. The number of methoxy groups -OCH3 is 1. The van der Waals surface area contributed by atoms with Gasteiger partial charge in [0.1, 0.15) is 6.10 Å². The molecule has 2 saturated carbocycles. The van der Waals surface area contributed by atoms with Crippen molar-refractivity contribution in [2.75, 3.05) is 7.11 Å². The van der Waals surface area contributed by atoms with Gasteiger partial charge in [0, 0.05) is 0 Å². The van der Waals surface area contributed by atoms with Crippen molar-refractivity contribution in [2.45, 2.75) is 71.2 Å². The number of carbonyl (C=O) groups excluding carboxylic acids is 2. The number of benzene rings is 1. The summed E-state index contributed by atoms with van der Waals surface area (Å²) in [5.41, 5.74) is 0.140. The van der Waals surface area contributed by atoms with Gasteiger partial charge in [-0.3, -0.25) is 4.79 Å². The van der Waals surface area contributed by atoms with Crippen LogP contribution in [0.4, 0.5) is 0 Å². The van der Waals surface area contributed by atoms with E-state index in [1.807, 2.05) is 6.07 Å². The highest BCUT2D eigenvalue weighted by Gasteiger charge is 2.58. The molecular weight excluding hydrogens is 356 g/mol. The van der Waals surface area contributed by atoms with Crippen LogP contribution in [0.1, 0.15) is 63.7 Å². The Morgan fingerprint density at radius 2 is 1.75 bits per heavy atom. The van der Waals surface area contributed by atoms with Crippen molar-refractivity contribution < 1.29 is 23.8 Å². The monoisotopic (exact) mass is 388 g/mol. The summed E-state index contributed by atoms with van der Waals surface area (Å²) in [6, 6.07) is 8.92. The van der Waals surface area contributed by atoms with E-state index in [9.17, 15) is 9.59 Å². The maximum atomic E-state index is 12.7. The summed E-state index contributed by atoms with van der Waals surface area (Å²) in [4.78, 5) is 25.3. The van der Waals surface area contributed by atoms with Gasteiger partial charge in [0.25, 0.3) is 0 Å². The Bertz CT molecular complexity index is 707. The second kappa shape index (κ2) is 7.86. The molecule has 0 amide bonds. The minimum atomic E-state index is -0.466. The maximum Gasteiger partial charge on any atom is 0.338 e. The molecule has 0 bridgehead atoms. The van der Waals surface area contributed by atoms with Crippen LogP contribution in [0.3, 0.4) is 0 Å². The number of hydrogen-bond donors (Lipinski definition) is 0. The number of hydrogen-bond acceptors (Lipinski definition) is 5. The first-order valence-electron chi connectivity index (χ1n) is 10.2. The predicted octanol–water partition coefficient (Wildman–Crippen LogP) is 4.40. The smallest absolute Gasteiger partial charge is 0.338 e. The molecule has 5 atom stereocenters. The van der Waals surface area contributed by atoms with Crippen LogP contribution in [-0.2, 0) is 19.0 Å². The molecule has 0 unspecified atom stereocenters. The van der Waals surface area contributed by atoms with Crippen molar-refractivity contribution in [1.82, 2.24) is 0 Å². The topological polar surface area (TPSA) is 61.8 Å². The van der Waals surface area contributed by atoms with Crippen LogP contribution in [0.2, 0.25) is 0 Å². The van der Waals surface area contributed by atoms with Crippen molar-refractivity contribution in [1.29, 1.82) is 0 Å². The molecule has 154 valence electrons. The zero-order chi connectivity index (χ0) is 20.5. The fourth-order valence-electron chi connectivity index (χ4n) is 5.04. The fourth-order valence-corrected chi connectivity index (χ4v) is 5.04. The van der Waals surface area contributed by atoms with E-state index in [4.69, 9.17) is 14.2 Å². The Morgan fingerprint density at radius 3 is 2.36 bits per heavy atom. The van der Waals surface area contributed by atoms with E-state index in [1.54, 1.807) is 24.3 Å². The zero-order valence-electron chi connectivity index (χ0n) is 17.6. The van der Waals surface area contributed by atoms with Crippen LogP contribution in [0.25, 0.3) is 0 Å². The second-order valence-electron chi connectivity index (χ2n) is 9.31. The molecule has 28 heavy (non-hydrogen) atoms. The molecule has 0 N–H and O–H groups in total. The third kappa shape index (κ3) is 4.09. The lowest BCUT2D eigenvalue weighted by Gasteiger charge is -2.47. The molecule has 5 nitrogen and oxygen atoms in total. The number of carbonyl (C=O) groups is 2. The number of ether oxygens (including phenoxy) is 3. The Hall–Kier alpha value is -1.88. The molecule has 0 aliphatic heterocycles. The normalized spacial score (nSPS) is 32.5. The molecule has 2 aliphatic rings. The van der Waals surface area contributed by atoms with Crippen LogP contribution < -0.4 is 0 Å². The minimum absolute atomic E-state index is 0.0784. The molecule has 2 aliphatic carbocycles.